The van der Waals surface area contributed by atoms with Crippen LogP contribution in [0.4, 0.5) is 4.79 Å². The van der Waals surface area contributed by atoms with Crippen molar-refractivity contribution in [2.24, 2.45) is 17.6 Å². The lowest BCUT2D eigenvalue weighted by atomic mass is 9.87. The maximum atomic E-state index is 12.3. The van der Waals surface area contributed by atoms with Gasteiger partial charge in [0.25, 0.3) is 0 Å². The maximum Gasteiger partial charge on any atom is 0.331 e. The van der Waals surface area contributed by atoms with Gasteiger partial charge in [0.1, 0.15) is 12.0 Å². The third-order valence-corrected chi connectivity index (χ3v) is 3.91. The first-order valence-electron chi connectivity index (χ1n) is 6.40. The van der Waals surface area contributed by atoms with Gasteiger partial charge in [-0.25, -0.2) is 4.79 Å². The number of urea groups is 1. The number of carbonyl (C=O) groups is 4. The molecule has 5 amide bonds. The van der Waals surface area contributed by atoms with Gasteiger partial charge in [-0.1, -0.05) is 12.8 Å². The summed E-state index contributed by atoms with van der Waals surface area (Å²) >= 11 is 0. The fourth-order valence-corrected chi connectivity index (χ4v) is 2.81. The van der Waals surface area contributed by atoms with E-state index in [2.05, 4.69) is 5.32 Å². The molecule has 2 aliphatic rings. The second-order valence-corrected chi connectivity index (χ2v) is 5.10. The molecule has 0 spiro atoms. The van der Waals surface area contributed by atoms with Gasteiger partial charge in [0.05, 0.1) is 0 Å². The predicted molar refractivity (Wildman–Crippen MR) is 64.5 cm³/mol. The molecule has 0 aromatic heterocycles. The molecule has 2 fully saturated rings. The summed E-state index contributed by atoms with van der Waals surface area (Å²) in [6.07, 6.45) is 3.52. The minimum atomic E-state index is -1.05. The number of nitrogens with zero attached hydrogens (tertiary/aromatic N) is 1. The van der Waals surface area contributed by atoms with Crippen LogP contribution in [0, 0.1) is 11.8 Å². The Kier molecular flexibility index (Phi) is 3.55. The van der Waals surface area contributed by atoms with Crippen LogP contribution >= 0.6 is 0 Å². The lowest BCUT2D eigenvalue weighted by molar-refractivity contribution is -0.148. The summed E-state index contributed by atoms with van der Waals surface area (Å²) in [5.41, 5.74) is 5.13. The third-order valence-electron chi connectivity index (χ3n) is 3.91. The van der Waals surface area contributed by atoms with Crippen molar-refractivity contribution in [3.05, 3.63) is 0 Å². The molecule has 1 aliphatic heterocycles. The van der Waals surface area contributed by atoms with Crippen LogP contribution in [0.25, 0.3) is 0 Å². The molecular weight excluding hydrogens is 250 g/mol. The molecule has 1 aliphatic carbocycles. The Bertz CT molecular complexity index is 442. The Hall–Kier alpha value is -1.92. The quantitative estimate of drug-likeness (QED) is 0.687. The summed E-state index contributed by atoms with van der Waals surface area (Å²) in [5.74, 6) is -2.87. The van der Waals surface area contributed by atoms with Crippen LogP contribution < -0.4 is 11.1 Å². The van der Waals surface area contributed by atoms with Gasteiger partial charge in [-0.3, -0.25) is 24.6 Å². The molecule has 1 saturated heterocycles. The van der Waals surface area contributed by atoms with E-state index in [-0.39, 0.29) is 5.92 Å². The first-order valence-corrected chi connectivity index (χ1v) is 6.40. The van der Waals surface area contributed by atoms with Gasteiger partial charge in [0.15, 0.2) is 0 Å². The van der Waals surface area contributed by atoms with Gasteiger partial charge in [-0.2, -0.15) is 0 Å². The van der Waals surface area contributed by atoms with Gasteiger partial charge in [-0.05, 0) is 25.7 Å². The summed E-state index contributed by atoms with van der Waals surface area (Å²) in [5, 5.41) is 2.14. The van der Waals surface area contributed by atoms with E-state index in [0.717, 1.165) is 30.6 Å². The molecule has 2 rings (SSSR count). The Morgan fingerprint density at radius 2 is 1.89 bits per heavy atom. The minimum Gasteiger partial charge on any atom is -0.368 e. The van der Waals surface area contributed by atoms with Crippen LogP contribution in [0.15, 0.2) is 0 Å². The van der Waals surface area contributed by atoms with Crippen molar-refractivity contribution in [3.63, 3.8) is 0 Å². The SMILES string of the molecule is CC(C(N)=O)N1C(=O)NC(=O)C(C2CCCC2)C1=O. The minimum absolute atomic E-state index is 0.0526. The van der Waals surface area contributed by atoms with Crippen molar-refractivity contribution < 1.29 is 19.2 Å². The molecule has 2 atom stereocenters. The monoisotopic (exact) mass is 267 g/mol. The Morgan fingerprint density at radius 1 is 1.32 bits per heavy atom. The van der Waals surface area contributed by atoms with Crippen molar-refractivity contribution in [2.75, 3.05) is 0 Å². The highest BCUT2D eigenvalue weighted by atomic mass is 16.2. The summed E-state index contributed by atoms with van der Waals surface area (Å²) in [7, 11) is 0. The van der Waals surface area contributed by atoms with Crippen molar-refractivity contribution in [2.45, 2.75) is 38.6 Å². The zero-order valence-corrected chi connectivity index (χ0v) is 10.7. The largest absolute Gasteiger partial charge is 0.368 e. The number of amides is 5. The molecule has 0 aromatic rings. The van der Waals surface area contributed by atoms with E-state index in [1.165, 1.54) is 6.92 Å². The van der Waals surface area contributed by atoms with Crippen molar-refractivity contribution in [1.29, 1.82) is 0 Å². The van der Waals surface area contributed by atoms with E-state index in [1.807, 2.05) is 0 Å². The normalized spacial score (nSPS) is 26.5. The van der Waals surface area contributed by atoms with E-state index in [0.29, 0.717) is 0 Å². The first kappa shape index (κ1) is 13.5. The Morgan fingerprint density at radius 3 is 2.42 bits per heavy atom. The Balaban J connectivity index is 2.25. The number of primary amides is 1. The number of nitrogens with one attached hydrogen (secondary N) is 1. The van der Waals surface area contributed by atoms with Crippen LogP contribution in [-0.2, 0) is 14.4 Å². The molecule has 2 unspecified atom stereocenters. The number of rotatable bonds is 3. The van der Waals surface area contributed by atoms with Crippen LogP contribution in [-0.4, -0.2) is 34.7 Å². The van der Waals surface area contributed by atoms with Crippen LogP contribution in [0.3, 0.4) is 0 Å². The second-order valence-electron chi connectivity index (χ2n) is 5.10. The molecule has 1 saturated carbocycles. The van der Waals surface area contributed by atoms with Gasteiger partial charge in [0, 0.05) is 0 Å². The molecule has 0 aromatic carbocycles. The Labute approximate surface area is 110 Å². The standard InChI is InChI=1S/C12H17N3O4/c1-6(9(13)16)15-11(18)8(7-4-2-3-5-7)10(17)14-12(15)19/h6-8H,2-5H2,1H3,(H2,13,16)(H,14,17,19). The topological polar surface area (TPSA) is 110 Å². The second kappa shape index (κ2) is 4.99. The number of carbonyl (C=O) groups excluding carboxylic acids is 4. The highest BCUT2D eigenvalue weighted by Crippen LogP contribution is 2.34. The first-order chi connectivity index (χ1) is 8.93. The van der Waals surface area contributed by atoms with Crippen molar-refractivity contribution in [1.82, 2.24) is 10.2 Å². The lowest BCUT2D eigenvalue weighted by Gasteiger charge is -2.35. The average Bonchev–Trinajstić information content (AvgIpc) is 2.81. The number of barbiturate groups is 1. The van der Waals surface area contributed by atoms with Gasteiger partial charge in [0.2, 0.25) is 17.7 Å². The van der Waals surface area contributed by atoms with Gasteiger partial charge in [-0.15, -0.1) is 0 Å². The average molecular weight is 267 g/mol. The summed E-state index contributed by atoms with van der Waals surface area (Å²) in [4.78, 5) is 47.8. The maximum absolute atomic E-state index is 12.3. The number of hydrogen-bond acceptors (Lipinski definition) is 4. The molecule has 7 heteroatoms. The van der Waals surface area contributed by atoms with E-state index in [4.69, 9.17) is 5.73 Å². The third kappa shape index (κ3) is 2.32. The number of nitrogens with two attached hydrogens (primary N) is 1. The zero-order valence-electron chi connectivity index (χ0n) is 10.7. The van der Waals surface area contributed by atoms with Crippen LogP contribution in [0.5, 0.6) is 0 Å². The fraction of sp³-hybridized carbons (Fsp3) is 0.667. The predicted octanol–water partition coefficient (Wildman–Crippen LogP) is -0.255. The van der Waals surface area contributed by atoms with Gasteiger partial charge < -0.3 is 5.73 Å². The summed E-state index contributed by atoms with van der Waals surface area (Å²) in [6, 6.07) is -1.92. The van der Waals surface area contributed by atoms with E-state index in [1.54, 1.807) is 0 Å². The molecule has 104 valence electrons. The molecule has 19 heavy (non-hydrogen) atoms. The highest BCUT2D eigenvalue weighted by Gasteiger charge is 2.47. The molecule has 1 heterocycles. The van der Waals surface area contributed by atoms with Crippen molar-refractivity contribution in [3.8, 4) is 0 Å². The van der Waals surface area contributed by atoms with Crippen LogP contribution in [0.2, 0.25) is 0 Å². The van der Waals surface area contributed by atoms with Crippen LogP contribution in [0.1, 0.15) is 32.6 Å². The fourth-order valence-electron chi connectivity index (χ4n) is 2.81. The number of hydrogen-bond donors (Lipinski definition) is 2. The number of imide groups is 2. The molecule has 0 radical (unpaired) electrons. The van der Waals surface area contributed by atoms with Gasteiger partial charge >= 0.3 is 6.03 Å². The van der Waals surface area contributed by atoms with E-state index >= 15 is 0 Å². The van der Waals surface area contributed by atoms with E-state index in [9.17, 15) is 19.2 Å². The summed E-state index contributed by atoms with van der Waals surface area (Å²) in [6.45, 7) is 1.38. The summed E-state index contributed by atoms with van der Waals surface area (Å²) < 4.78 is 0. The smallest absolute Gasteiger partial charge is 0.331 e. The molecule has 7 nitrogen and oxygen atoms in total. The van der Waals surface area contributed by atoms with E-state index < -0.39 is 35.7 Å². The molecule has 0 bridgehead atoms. The zero-order chi connectivity index (χ0) is 14.2. The lowest BCUT2D eigenvalue weighted by Crippen LogP contribution is -2.63. The highest BCUT2D eigenvalue weighted by molar-refractivity contribution is 6.17. The molecule has 3 N–H and O–H groups in total. The van der Waals surface area contributed by atoms with Crippen molar-refractivity contribution >= 4 is 23.8 Å². The molecular formula is C12H17N3O4.